The number of nitrogens with one attached hydrogen (secondary N) is 5. The second-order valence-electron chi connectivity index (χ2n) is 8.47. The number of nitrogens with zero attached hydrogens (tertiary/aromatic N) is 2. The molecule has 2 heterocycles. The number of hydrogen-bond acceptors (Lipinski definition) is 6. The minimum absolute atomic E-state index is 0.0320. The molecule has 0 spiro atoms. The van der Waals surface area contributed by atoms with Crippen LogP contribution < -0.4 is 21.7 Å². The monoisotopic (exact) mass is 535 g/mol. The summed E-state index contributed by atoms with van der Waals surface area (Å²) in [6.45, 7) is 0.453. The summed E-state index contributed by atoms with van der Waals surface area (Å²) in [6.07, 6.45) is -0.268. The van der Waals surface area contributed by atoms with Gasteiger partial charge in [-0.25, -0.2) is 4.98 Å². The molecule has 0 fully saturated rings. The molecule has 7 N–H and O–H groups in total. The number of halogens is 3. The van der Waals surface area contributed by atoms with Gasteiger partial charge in [0.2, 0.25) is 0 Å². The maximum atomic E-state index is 12.8. The van der Waals surface area contributed by atoms with Gasteiger partial charge in [0.1, 0.15) is 0 Å². The third-order valence-electron chi connectivity index (χ3n) is 5.57. The standard InChI is InChI=1S/C25H23BF3N8O2/c26-24(34-17-7-5-16(6-8-17)25(27,28)29)37-22-20(21(30)38)35-19(36-22)11-14-1-3-15(4-2-14)23(39)32-10-9-18-12-31-13-33-18/h1-8,12-13,34,37H,9-11H2,(H2,30,38)(H,31,33)(H,32,39)(H,35,36). The molecule has 0 unspecified atom stereocenters. The second kappa shape index (κ2) is 11.7. The Hall–Kier alpha value is -4.88. The summed E-state index contributed by atoms with van der Waals surface area (Å²) < 4.78 is 38.3. The summed E-state index contributed by atoms with van der Waals surface area (Å²) >= 11 is 0. The van der Waals surface area contributed by atoms with Crippen molar-refractivity contribution in [2.24, 2.45) is 5.73 Å². The molecule has 4 rings (SSSR count). The molecular formula is C25H23BF3N8O2. The maximum absolute atomic E-state index is 12.8. The van der Waals surface area contributed by atoms with Crippen LogP contribution in [-0.4, -0.2) is 51.5 Å². The Balaban J connectivity index is 1.35. The van der Waals surface area contributed by atoms with E-state index in [0.29, 0.717) is 24.4 Å². The van der Waals surface area contributed by atoms with E-state index in [1.807, 2.05) is 0 Å². The molecule has 2 aromatic carbocycles. The number of primary amides is 1. The number of aromatic amines is 2. The van der Waals surface area contributed by atoms with E-state index in [-0.39, 0.29) is 35.2 Å². The first-order valence-electron chi connectivity index (χ1n) is 11.7. The van der Waals surface area contributed by atoms with Gasteiger partial charge in [-0.1, -0.05) is 0 Å². The van der Waals surface area contributed by atoms with Crippen LogP contribution in [0.1, 0.15) is 43.5 Å². The fourth-order valence-corrected chi connectivity index (χ4v) is 3.63. The zero-order valence-corrected chi connectivity index (χ0v) is 20.4. The summed E-state index contributed by atoms with van der Waals surface area (Å²) in [5.74, 6) is -0.568. The normalized spacial score (nSPS) is 11.1. The Labute approximate surface area is 221 Å². The van der Waals surface area contributed by atoms with Crippen LogP contribution in [0.3, 0.4) is 0 Å². The molecule has 10 nitrogen and oxygen atoms in total. The van der Waals surface area contributed by atoms with Crippen molar-refractivity contribution in [2.75, 3.05) is 17.2 Å². The molecule has 0 saturated carbocycles. The summed E-state index contributed by atoms with van der Waals surface area (Å²) in [4.78, 5) is 38.4. The van der Waals surface area contributed by atoms with Crippen molar-refractivity contribution in [1.82, 2.24) is 25.3 Å². The number of rotatable bonds is 11. The Morgan fingerprint density at radius 3 is 2.36 bits per heavy atom. The molecule has 0 saturated heterocycles. The molecule has 0 aliphatic heterocycles. The number of nitrogens with two attached hydrogens (primary N) is 1. The van der Waals surface area contributed by atoms with Gasteiger partial charge in [0.05, 0.1) is 6.33 Å². The first kappa shape index (κ1) is 27.2. The third kappa shape index (κ3) is 7.34. The molecule has 0 atom stereocenters. The number of carbonyl (C=O) groups is 2. The molecule has 199 valence electrons. The van der Waals surface area contributed by atoms with Crippen LogP contribution in [0.2, 0.25) is 0 Å². The average Bonchev–Trinajstić information content (AvgIpc) is 3.54. The summed E-state index contributed by atoms with van der Waals surface area (Å²) in [7, 11) is 5.92. The van der Waals surface area contributed by atoms with Crippen LogP contribution in [0.5, 0.6) is 0 Å². The number of amides is 2. The van der Waals surface area contributed by atoms with E-state index in [9.17, 15) is 22.8 Å². The van der Waals surface area contributed by atoms with Gasteiger partial charge in [0.25, 0.3) is 0 Å². The summed E-state index contributed by atoms with van der Waals surface area (Å²) in [5.41, 5.74) is 7.04. The molecule has 2 aromatic heterocycles. The molecule has 1 radical (unpaired) electrons. The fraction of sp³-hybridized carbons (Fsp3) is 0.160. The van der Waals surface area contributed by atoms with Gasteiger partial charge in [-0.15, -0.1) is 0 Å². The van der Waals surface area contributed by atoms with Gasteiger partial charge in [-0.05, 0) is 0 Å². The van der Waals surface area contributed by atoms with Gasteiger partial charge >= 0.3 is 180 Å². The number of aromatic nitrogens is 4. The van der Waals surface area contributed by atoms with Gasteiger partial charge in [-0.2, -0.15) is 0 Å². The fourth-order valence-electron chi connectivity index (χ4n) is 3.63. The molecule has 4 aromatic rings. The summed E-state index contributed by atoms with van der Waals surface area (Å²) in [5, 5.41) is 8.24. The van der Waals surface area contributed by atoms with Crippen LogP contribution >= 0.6 is 0 Å². The Morgan fingerprint density at radius 2 is 1.74 bits per heavy atom. The van der Waals surface area contributed by atoms with E-state index < -0.39 is 17.6 Å². The van der Waals surface area contributed by atoms with Crippen molar-refractivity contribution in [2.45, 2.75) is 19.0 Å². The van der Waals surface area contributed by atoms with E-state index in [1.54, 1.807) is 36.8 Å². The molecule has 39 heavy (non-hydrogen) atoms. The van der Waals surface area contributed by atoms with Gasteiger partial charge in [0, 0.05) is 24.9 Å². The van der Waals surface area contributed by atoms with Crippen LogP contribution in [-0.2, 0) is 19.0 Å². The molecule has 2 amide bonds. The Kier molecular flexibility index (Phi) is 8.13. The topological polar surface area (TPSA) is 154 Å². The first-order chi connectivity index (χ1) is 18.6. The SMILES string of the molecule is [B]=C(Nc1ccc(C(F)(F)F)cc1)Nc1nc(Cc2ccc(C(=O)NCCc3cnc[nH]3)cc2)[nH]c1C(N)=O. The zero-order chi connectivity index (χ0) is 28.0. The number of carbonyl (C=O) groups excluding carboxylic acids is 2. The zero-order valence-electron chi connectivity index (χ0n) is 20.4. The first-order valence-corrected chi connectivity index (χ1v) is 11.7. The quantitative estimate of drug-likeness (QED) is 0.162. The molecule has 0 bridgehead atoms. The van der Waals surface area contributed by atoms with E-state index >= 15 is 0 Å². The average molecular weight is 535 g/mol. The van der Waals surface area contributed by atoms with Gasteiger partial charge in [0.15, 0.2) is 0 Å². The predicted octanol–water partition coefficient (Wildman–Crippen LogP) is 2.59. The van der Waals surface area contributed by atoms with E-state index in [0.717, 1.165) is 23.4 Å². The number of hydrogen-bond donors (Lipinski definition) is 6. The van der Waals surface area contributed by atoms with Crippen molar-refractivity contribution >= 4 is 36.5 Å². The number of imidazole rings is 2. The summed E-state index contributed by atoms with van der Waals surface area (Å²) in [6, 6.07) is 11.1. The molecule has 0 aliphatic carbocycles. The second-order valence-corrected chi connectivity index (χ2v) is 8.47. The van der Waals surface area contributed by atoms with Gasteiger partial charge in [-0.3, -0.25) is 0 Å². The molecular weight excluding hydrogens is 512 g/mol. The number of benzene rings is 2. The van der Waals surface area contributed by atoms with Crippen LogP contribution in [0.4, 0.5) is 24.7 Å². The van der Waals surface area contributed by atoms with Crippen molar-refractivity contribution in [3.05, 3.63) is 95.0 Å². The van der Waals surface area contributed by atoms with E-state index in [1.165, 1.54) is 12.1 Å². The van der Waals surface area contributed by atoms with Crippen LogP contribution in [0.25, 0.3) is 0 Å². The molecule has 0 aliphatic rings. The molecule has 14 heteroatoms. The van der Waals surface area contributed by atoms with Crippen molar-refractivity contribution < 1.29 is 22.8 Å². The van der Waals surface area contributed by atoms with Crippen LogP contribution in [0, 0.1) is 0 Å². The van der Waals surface area contributed by atoms with Gasteiger partial charge < -0.3 is 4.98 Å². The third-order valence-corrected chi connectivity index (χ3v) is 5.57. The van der Waals surface area contributed by atoms with Crippen molar-refractivity contribution in [3.8, 4) is 0 Å². The van der Waals surface area contributed by atoms with Crippen LogP contribution in [0.15, 0.2) is 61.1 Å². The van der Waals surface area contributed by atoms with E-state index in [2.05, 4.69) is 35.9 Å². The number of alkyl halides is 3. The number of H-pyrrole nitrogens is 2. The predicted molar refractivity (Wildman–Crippen MR) is 140 cm³/mol. The van der Waals surface area contributed by atoms with E-state index in [4.69, 9.17) is 13.2 Å². The number of anilines is 2. The van der Waals surface area contributed by atoms with Crippen molar-refractivity contribution in [3.63, 3.8) is 0 Å². The Morgan fingerprint density at radius 1 is 1.03 bits per heavy atom. The van der Waals surface area contributed by atoms with Crippen molar-refractivity contribution in [1.29, 1.82) is 0 Å². The Bertz CT molecular complexity index is 1450. The minimum atomic E-state index is -4.46.